The summed E-state index contributed by atoms with van der Waals surface area (Å²) in [7, 11) is 3.74. The molecule has 0 bridgehead atoms. The van der Waals surface area contributed by atoms with Gasteiger partial charge in [0.05, 0.1) is 18.3 Å². The molecule has 106 valence electrons. The molecule has 0 atom stereocenters. The highest BCUT2D eigenvalue weighted by Crippen LogP contribution is 2.47. The summed E-state index contributed by atoms with van der Waals surface area (Å²) in [5.41, 5.74) is 4.67. The van der Waals surface area contributed by atoms with Crippen molar-refractivity contribution in [2.24, 2.45) is 7.05 Å². The molecule has 0 aliphatic carbocycles. The number of hydrogen-bond donors (Lipinski definition) is 0. The van der Waals surface area contributed by atoms with Crippen LogP contribution in [0.2, 0.25) is 0 Å². The number of nitrogens with zero attached hydrogens (tertiary/aromatic N) is 1. The second kappa shape index (κ2) is 4.53. The highest BCUT2D eigenvalue weighted by Gasteiger charge is 2.25. The Labute approximate surface area is 126 Å². The molecule has 0 fully saturated rings. The van der Waals surface area contributed by atoms with E-state index in [1.54, 1.807) is 24.9 Å². The molecule has 3 aromatic rings. The van der Waals surface area contributed by atoms with Crippen molar-refractivity contribution in [3.05, 3.63) is 47.8 Å². The van der Waals surface area contributed by atoms with Crippen LogP contribution in [0.5, 0.6) is 5.75 Å². The number of fused-ring (bicyclic) bond motifs is 5. The van der Waals surface area contributed by atoms with Crippen molar-refractivity contribution < 1.29 is 9.13 Å². The van der Waals surface area contributed by atoms with E-state index >= 15 is 0 Å². The van der Waals surface area contributed by atoms with Gasteiger partial charge in [-0.15, -0.1) is 11.8 Å². The van der Waals surface area contributed by atoms with E-state index in [1.165, 1.54) is 22.7 Å². The molecule has 2 aromatic carbocycles. The minimum Gasteiger partial charge on any atom is -0.495 e. The highest BCUT2D eigenvalue weighted by molar-refractivity contribution is 7.98. The van der Waals surface area contributed by atoms with Crippen LogP contribution in [-0.4, -0.2) is 11.7 Å². The van der Waals surface area contributed by atoms with Gasteiger partial charge in [-0.3, -0.25) is 0 Å². The zero-order valence-corrected chi connectivity index (χ0v) is 12.6. The number of aromatic nitrogens is 1. The van der Waals surface area contributed by atoms with Gasteiger partial charge in [-0.2, -0.15) is 0 Å². The van der Waals surface area contributed by atoms with E-state index in [0.29, 0.717) is 0 Å². The van der Waals surface area contributed by atoms with Crippen molar-refractivity contribution in [3.63, 3.8) is 0 Å². The Morgan fingerprint density at radius 2 is 2.10 bits per heavy atom. The first kappa shape index (κ1) is 12.8. The molecule has 0 saturated heterocycles. The molecule has 1 aliphatic rings. The number of hydrogen-bond acceptors (Lipinski definition) is 2. The van der Waals surface area contributed by atoms with Gasteiger partial charge in [0, 0.05) is 28.6 Å². The second-order valence-corrected chi connectivity index (χ2v) is 6.19. The molecule has 0 unspecified atom stereocenters. The number of para-hydroxylation sites is 1. The summed E-state index contributed by atoms with van der Waals surface area (Å²) >= 11 is 1.69. The normalized spacial score (nSPS) is 13.1. The molecule has 0 spiro atoms. The Morgan fingerprint density at radius 1 is 1.24 bits per heavy atom. The van der Waals surface area contributed by atoms with Gasteiger partial charge in [0.15, 0.2) is 0 Å². The number of halogens is 1. The number of ether oxygens (including phenoxy) is 1. The fraction of sp³-hybridized carbons (Fsp3) is 0.176. The molecule has 4 rings (SSSR count). The van der Waals surface area contributed by atoms with Crippen LogP contribution in [0.25, 0.3) is 22.2 Å². The van der Waals surface area contributed by atoms with E-state index in [9.17, 15) is 4.39 Å². The van der Waals surface area contributed by atoms with E-state index in [0.717, 1.165) is 27.5 Å². The van der Waals surface area contributed by atoms with Gasteiger partial charge in [0.25, 0.3) is 0 Å². The van der Waals surface area contributed by atoms with Crippen LogP contribution in [-0.2, 0) is 12.8 Å². The number of rotatable bonds is 1. The average Bonchev–Trinajstić information content (AvgIpc) is 2.80. The molecule has 4 heteroatoms. The van der Waals surface area contributed by atoms with Crippen LogP contribution in [0, 0.1) is 5.82 Å². The number of thioether (sulfide) groups is 1. The van der Waals surface area contributed by atoms with E-state index in [-0.39, 0.29) is 5.82 Å². The van der Waals surface area contributed by atoms with E-state index in [2.05, 4.69) is 10.6 Å². The summed E-state index contributed by atoms with van der Waals surface area (Å²) < 4.78 is 21.1. The van der Waals surface area contributed by atoms with Crippen molar-refractivity contribution in [1.29, 1.82) is 0 Å². The van der Waals surface area contributed by atoms with Crippen LogP contribution in [0.15, 0.2) is 41.3 Å². The standard InChI is InChI=1S/C17H14FNOS/c1-19-16-12-7-6-10(18)8-15(12)21-9-13(16)11-4-3-5-14(20-2)17(11)19/h3-8H,9H2,1-2H3. The Morgan fingerprint density at radius 3 is 2.90 bits per heavy atom. The Hall–Kier alpha value is -1.94. The topological polar surface area (TPSA) is 14.2 Å². The molecule has 21 heavy (non-hydrogen) atoms. The first-order valence-corrected chi connectivity index (χ1v) is 7.76. The lowest BCUT2D eigenvalue weighted by Gasteiger charge is -2.18. The third-order valence-corrected chi connectivity index (χ3v) is 5.15. The molecule has 0 radical (unpaired) electrons. The lowest BCUT2D eigenvalue weighted by molar-refractivity contribution is 0.418. The minimum atomic E-state index is -0.180. The van der Waals surface area contributed by atoms with Gasteiger partial charge in [0.2, 0.25) is 0 Å². The van der Waals surface area contributed by atoms with E-state index in [1.807, 2.05) is 25.2 Å². The van der Waals surface area contributed by atoms with Crippen molar-refractivity contribution in [3.8, 4) is 17.0 Å². The van der Waals surface area contributed by atoms with Gasteiger partial charge in [-0.05, 0) is 29.8 Å². The zero-order chi connectivity index (χ0) is 14.6. The monoisotopic (exact) mass is 299 g/mol. The van der Waals surface area contributed by atoms with Crippen LogP contribution < -0.4 is 4.74 Å². The quantitative estimate of drug-likeness (QED) is 0.652. The highest BCUT2D eigenvalue weighted by atomic mass is 32.2. The van der Waals surface area contributed by atoms with Gasteiger partial charge < -0.3 is 9.30 Å². The van der Waals surface area contributed by atoms with E-state index in [4.69, 9.17) is 4.74 Å². The van der Waals surface area contributed by atoms with Gasteiger partial charge >= 0.3 is 0 Å². The third-order valence-electron chi connectivity index (χ3n) is 4.07. The third kappa shape index (κ3) is 1.72. The molecule has 2 nitrogen and oxygen atoms in total. The smallest absolute Gasteiger partial charge is 0.143 e. The molecule has 0 N–H and O–H groups in total. The maximum atomic E-state index is 13.5. The van der Waals surface area contributed by atoms with E-state index < -0.39 is 0 Å². The maximum Gasteiger partial charge on any atom is 0.143 e. The predicted molar refractivity (Wildman–Crippen MR) is 84.4 cm³/mol. The largest absolute Gasteiger partial charge is 0.495 e. The SMILES string of the molecule is COc1cccc2c3c(n(C)c12)-c1ccc(F)cc1SC3. The minimum absolute atomic E-state index is 0.180. The molecule has 1 aromatic heterocycles. The van der Waals surface area contributed by atoms with Crippen LogP contribution in [0.4, 0.5) is 4.39 Å². The average molecular weight is 299 g/mol. The first-order chi connectivity index (χ1) is 10.2. The van der Waals surface area contributed by atoms with Crippen molar-refractivity contribution in [2.45, 2.75) is 10.6 Å². The van der Waals surface area contributed by atoms with Crippen LogP contribution in [0.1, 0.15) is 5.56 Å². The fourth-order valence-electron chi connectivity index (χ4n) is 3.17. The zero-order valence-electron chi connectivity index (χ0n) is 11.8. The Balaban J connectivity index is 2.11. The predicted octanol–water partition coefficient (Wildman–Crippen LogP) is 4.60. The molecular formula is C17H14FNOS. The Kier molecular flexibility index (Phi) is 2.76. The Bertz CT molecular complexity index is 869. The summed E-state index contributed by atoms with van der Waals surface area (Å²) in [5.74, 6) is 1.55. The summed E-state index contributed by atoms with van der Waals surface area (Å²) in [6.45, 7) is 0. The van der Waals surface area contributed by atoms with Gasteiger partial charge in [0.1, 0.15) is 11.6 Å². The van der Waals surface area contributed by atoms with Crippen molar-refractivity contribution in [1.82, 2.24) is 4.57 Å². The van der Waals surface area contributed by atoms with Crippen LogP contribution >= 0.6 is 11.8 Å². The second-order valence-electron chi connectivity index (χ2n) is 5.17. The number of benzene rings is 2. The van der Waals surface area contributed by atoms with Crippen molar-refractivity contribution >= 4 is 22.7 Å². The summed E-state index contributed by atoms with van der Waals surface area (Å²) in [4.78, 5) is 1.01. The van der Waals surface area contributed by atoms with Gasteiger partial charge in [-0.25, -0.2) is 4.39 Å². The van der Waals surface area contributed by atoms with Crippen molar-refractivity contribution in [2.75, 3.05) is 7.11 Å². The molecule has 1 aliphatic heterocycles. The number of aryl methyl sites for hydroxylation is 1. The fourth-order valence-corrected chi connectivity index (χ4v) is 4.28. The summed E-state index contributed by atoms with van der Waals surface area (Å²) in [6, 6.07) is 11.2. The maximum absolute atomic E-state index is 13.5. The lowest BCUT2D eigenvalue weighted by Crippen LogP contribution is -2.00. The number of methoxy groups -OCH3 is 1. The lowest BCUT2D eigenvalue weighted by atomic mass is 10.1. The molecule has 0 amide bonds. The first-order valence-electron chi connectivity index (χ1n) is 6.77. The molecule has 2 heterocycles. The summed E-state index contributed by atoms with van der Waals surface area (Å²) in [5, 5.41) is 1.22. The molecular weight excluding hydrogens is 285 g/mol. The van der Waals surface area contributed by atoms with Gasteiger partial charge in [-0.1, -0.05) is 12.1 Å². The van der Waals surface area contributed by atoms with Crippen LogP contribution in [0.3, 0.4) is 0 Å². The molecule has 0 saturated carbocycles. The summed E-state index contributed by atoms with van der Waals surface area (Å²) in [6.07, 6.45) is 0.